The molecule has 0 aliphatic rings. The number of ether oxygens (including phenoxy) is 2. The average molecular weight is 378 g/mol. The van der Waals surface area contributed by atoms with Crippen molar-refractivity contribution in [1.82, 2.24) is 0 Å². The molecule has 0 saturated heterocycles. The first-order valence-electron chi connectivity index (χ1n) is 7.97. The minimum atomic E-state index is -1.08. The summed E-state index contributed by atoms with van der Waals surface area (Å²) in [5, 5.41) is 12.0. The number of rotatable bonds is 7. The summed E-state index contributed by atoms with van der Waals surface area (Å²) in [6, 6.07) is 9.04. The highest BCUT2D eigenvalue weighted by Crippen LogP contribution is 2.28. The fraction of sp³-hybridized carbons (Fsp3) is 0.263. The molecular weight excluding hydrogens is 358 g/mol. The van der Waals surface area contributed by atoms with E-state index >= 15 is 0 Å². The molecule has 2 N–H and O–H groups in total. The number of aromatic carboxylic acids is 1. The third-order valence-electron chi connectivity index (χ3n) is 3.46. The second-order valence-corrected chi connectivity index (χ2v) is 6.43. The van der Waals surface area contributed by atoms with E-state index in [4.69, 9.17) is 26.2 Å². The molecule has 1 amide bonds. The summed E-state index contributed by atoms with van der Waals surface area (Å²) in [7, 11) is 1.39. The van der Waals surface area contributed by atoms with Crippen molar-refractivity contribution < 1.29 is 24.2 Å². The highest BCUT2D eigenvalue weighted by Gasteiger charge is 2.16. The molecule has 2 aromatic carbocycles. The molecule has 7 heteroatoms. The summed E-state index contributed by atoms with van der Waals surface area (Å²) in [5.74, 6) is -0.409. The van der Waals surface area contributed by atoms with Crippen molar-refractivity contribution in [1.29, 1.82) is 0 Å². The van der Waals surface area contributed by atoms with Gasteiger partial charge >= 0.3 is 5.97 Å². The predicted molar refractivity (Wildman–Crippen MR) is 99.7 cm³/mol. The Morgan fingerprint density at radius 2 is 1.92 bits per heavy atom. The van der Waals surface area contributed by atoms with Crippen LogP contribution in [0.15, 0.2) is 36.4 Å². The predicted octanol–water partition coefficient (Wildman–Crippen LogP) is 4.33. The zero-order valence-electron chi connectivity index (χ0n) is 14.7. The lowest BCUT2D eigenvalue weighted by Gasteiger charge is -2.13. The number of hydrogen-bond donors (Lipinski definition) is 2. The first-order valence-corrected chi connectivity index (χ1v) is 8.34. The molecule has 0 saturated carbocycles. The Morgan fingerprint density at radius 3 is 2.54 bits per heavy atom. The monoisotopic (exact) mass is 377 g/mol. The second kappa shape index (κ2) is 8.58. The molecule has 0 spiro atoms. The van der Waals surface area contributed by atoms with Crippen LogP contribution in [0, 0.1) is 5.92 Å². The molecule has 0 aromatic heterocycles. The van der Waals surface area contributed by atoms with Gasteiger partial charge in [0.1, 0.15) is 11.5 Å². The lowest BCUT2D eigenvalue weighted by atomic mass is 10.1. The van der Waals surface area contributed by atoms with E-state index in [1.807, 2.05) is 13.8 Å². The van der Waals surface area contributed by atoms with E-state index in [1.165, 1.54) is 25.3 Å². The summed E-state index contributed by atoms with van der Waals surface area (Å²) < 4.78 is 10.8. The van der Waals surface area contributed by atoms with E-state index in [2.05, 4.69) is 5.32 Å². The molecule has 0 atom stereocenters. The van der Waals surface area contributed by atoms with Crippen molar-refractivity contribution in [3.8, 4) is 11.5 Å². The van der Waals surface area contributed by atoms with Crippen molar-refractivity contribution in [2.45, 2.75) is 13.8 Å². The molecule has 138 valence electrons. The normalized spacial score (nSPS) is 10.5. The van der Waals surface area contributed by atoms with Crippen LogP contribution in [0.5, 0.6) is 11.5 Å². The van der Waals surface area contributed by atoms with Crippen LogP contribution in [0.1, 0.15) is 34.6 Å². The molecule has 2 aromatic rings. The van der Waals surface area contributed by atoms with Crippen molar-refractivity contribution in [3.05, 3.63) is 52.5 Å². The molecule has 0 radical (unpaired) electrons. The highest BCUT2D eigenvalue weighted by molar-refractivity contribution is 6.34. The van der Waals surface area contributed by atoms with Crippen LogP contribution in [0.2, 0.25) is 5.02 Å². The molecule has 0 fully saturated rings. The van der Waals surface area contributed by atoms with Crippen molar-refractivity contribution >= 4 is 29.2 Å². The summed E-state index contributed by atoms with van der Waals surface area (Å²) in [6.07, 6.45) is 0. The number of nitrogens with one attached hydrogen (secondary N) is 1. The van der Waals surface area contributed by atoms with Gasteiger partial charge in [0.25, 0.3) is 5.91 Å². The van der Waals surface area contributed by atoms with Crippen molar-refractivity contribution in [2.24, 2.45) is 5.92 Å². The quantitative estimate of drug-likeness (QED) is 0.750. The number of carboxylic acids is 1. The van der Waals surface area contributed by atoms with Gasteiger partial charge in [-0.2, -0.15) is 0 Å². The van der Waals surface area contributed by atoms with Gasteiger partial charge < -0.3 is 19.9 Å². The van der Waals surface area contributed by atoms with Crippen LogP contribution in [0.25, 0.3) is 0 Å². The van der Waals surface area contributed by atoms with Gasteiger partial charge in [-0.1, -0.05) is 25.4 Å². The Morgan fingerprint density at radius 1 is 1.19 bits per heavy atom. The number of amides is 1. The molecular formula is C19H20ClNO5. The average Bonchev–Trinajstić information content (AvgIpc) is 2.60. The minimum absolute atomic E-state index is 0.0574. The fourth-order valence-corrected chi connectivity index (χ4v) is 2.35. The Balaban J connectivity index is 2.24. The van der Waals surface area contributed by atoms with E-state index < -0.39 is 11.9 Å². The number of benzene rings is 2. The second-order valence-electron chi connectivity index (χ2n) is 6.02. The topological polar surface area (TPSA) is 84.9 Å². The number of halogens is 1. The van der Waals surface area contributed by atoms with E-state index in [0.29, 0.717) is 24.0 Å². The lowest BCUT2D eigenvalue weighted by molar-refractivity contribution is 0.0696. The van der Waals surface area contributed by atoms with E-state index in [9.17, 15) is 9.59 Å². The smallest absolute Gasteiger partial charge is 0.335 e. The van der Waals surface area contributed by atoms with Crippen LogP contribution in [-0.2, 0) is 0 Å². The van der Waals surface area contributed by atoms with Crippen LogP contribution in [-0.4, -0.2) is 30.7 Å². The van der Waals surface area contributed by atoms with Crippen LogP contribution in [0.3, 0.4) is 0 Å². The van der Waals surface area contributed by atoms with Gasteiger partial charge in [-0.05, 0) is 42.3 Å². The molecule has 26 heavy (non-hydrogen) atoms. The Bertz CT molecular complexity index is 820. The van der Waals surface area contributed by atoms with E-state index in [1.54, 1.807) is 18.2 Å². The number of anilines is 1. The van der Waals surface area contributed by atoms with Gasteiger partial charge in [0, 0.05) is 0 Å². The highest BCUT2D eigenvalue weighted by atomic mass is 35.5. The summed E-state index contributed by atoms with van der Waals surface area (Å²) in [6.45, 7) is 4.57. The molecule has 6 nitrogen and oxygen atoms in total. The number of hydrogen-bond acceptors (Lipinski definition) is 4. The van der Waals surface area contributed by atoms with Gasteiger partial charge in [-0.25, -0.2) is 4.79 Å². The molecule has 2 rings (SSSR count). The maximum Gasteiger partial charge on any atom is 0.335 e. The van der Waals surface area contributed by atoms with Crippen LogP contribution < -0.4 is 14.8 Å². The maximum atomic E-state index is 12.6. The van der Waals surface area contributed by atoms with E-state index in [-0.39, 0.29) is 21.9 Å². The number of methoxy groups -OCH3 is 1. The van der Waals surface area contributed by atoms with Gasteiger partial charge in [-0.3, -0.25) is 4.79 Å². The number of carboxylic acid groups (broad SMARTS) is 1. The third-order valence-corrected chi connectivity index (χ3v) is 3.79. The van der Waals surface area contributed by atoms with Crippen molar-refractivity contribution in [2.75, 3.05) is 19.0 Å². The van der Waals surface area contributed by atoms with Gasteiger partial charge in [-0.15, -0.1) is 0 Å². The molecule has 0 heterocycles. The van der Waals surface area contributed by atoms with Crippen LogP contribution in [0.4, 0.5) is 5.69 Å². The molecule has 0 unspecified atom stereocenters. The Labute approximate surface area is 156 Å². The third kappa shape index (κ3) is 4.89. The number of carbonyl (C=O) groups excluding carboxylic acids is 1. The standard InChI is InChI=1S/C19H20ClNO5/c1-11(2)10-26-13-5-6-15(20)14(9-13)18(22)21-16-7-4-12(19(23)24)8-17(16)25-3/h4-9,11H,10H2,1-3H3,(H,21,22)(H,23,24). The zero-order chi connectivity index (χ0) is 19.3. The summed E-state index contributed by atoms with van der Waals surface area (Å²) in [5.41, 5.74) is 0.645. The first kappa shape index (κ1) is 19.6. The lowest BCUT2D eigenvalue weighted by Crippen LogP contribution is -2.14. The number of carbonyl (C=O) groups is 2. The summed E-state index contributed by atoms with van der Waals surface area (Å²) in [4.78, 5) is 23.6. The molecule has 0 aliphatic carbocycles. The van der Waals surface area contributed by atoms with Crippen molar-refractivity contribution in [3.63, 3.8) is 0 Å². The zero-order valence-corrected chi connectivity index (χ0v) is 15.5. The molecule has 0 aliphatic heterocycles. The van der Waals surface area contributed by atoms with Gasteiger partial charge in [0.2, 0.25) is 0 Å². The van der Waals surface area contributed by atoms with Gasteiger partial charge in [0.15, 0.2) is 0 Å². The SMILES string of the molecule is COc1cc(C(=O)O)ccc1NC(=O)c1cc(OCC(C)C)ccc1Cl. The largest absolute Gasteiger partial charge is 0.495 e. The fourth-order valence-electron chi connectivity index (χ4n) is 2.15. The Hall–Kier alpha value is -2.73. The summed E-state index contributed by atoms with van der Waals surface area (Å²) >= 11 is 6.14. The minimum Gasteiger partial charge on any atom is -0.495 e. The Kier molecular flexibility index (Phi) is 6.46. The van der Waals surface area contributed by atoms with Crippen LogP contribution >= 0.6 is 11.6 Å². The van der Waals surface area contributed by atoms with E-state index in [0.717, 1.165) is 0 Å². The molecule has 0 bridgehead atoms. The first-order chi connectivity index (χ1) is 12.3. The van der Waals surface area contributed by atoms with Gasteiger partial charge in [0.05, 0.1) is 35.6 Å². The maximum absolute atomic E-state index is 12.6.